The van der Waals surface area contributed by atoms with Crippen molar-refractivity contribution in [1.29, 1.82) is 0 Å². The minimum Gasteiger partial charge on any atom is -0.353 e. The SMILES string of the molecule is Cc1sc2nc(Cl)nc(N3CCN(C)CC3)c2c1-c1ccc(F)cc1. The Morgan fingerprint density at radius 3 is 2.44 bits per heavy atom. The van der Waals surface area contributed by atoms with Gasteiger partial charge in [-0.05, 0) is 43.3 Å². The highest BCUT2D eigenvalue weighted by Gasteiger charge is 2.23. The zero-order valence-electron chi connectivity index (χ0n) is 14.1. The largest absolute Gasteiger partial charge is 0.353 e. The van der Waals surface area contributed by atoms with Crippen LogP contribution < -0.4 is 4.90 Å². The first kappa shape index (κ1) is 16.7. The monoisotopic (exact) mass is 376 g/mol. The molecule has 7 heteroatoms. The molecule has 2 aromatic heterocycles. The van der Waals surface area contributed by atoms with Gasteiger partial charge in [0.2, 0.25) is 5.28 Å². The van der Waals surface area contributed by atoms with Crippen LogP contribution in [-0.4, -0.2) is 48.1 Å². The summed E-state index contributed by atoms with van der Waals surface area (Å²) in [5.74, 6) is 0.645. The van der Waals surface area contributed by atoms with Gasteiger partial charge in [-0.2, -0.15) is 4.98 Å². The fourth-order valence-electron chi connectivity index (χ4n) is 3.28. The Hall–Kier alpha value is -1.76. The van der Waals surface area contributed by atoms with Gasteiger partial charge in [-0.25, -0.2) is 9.37 Å². The molecule has 1 fully saturated rings. The summed E-state index contributed by atoms with van der Waals surface area (Å²) in [6, 6.07) is 6.60. The van der Waals surface area contributed by atoms with Gasteiger partial charge in [0.05, 0.1) is 5.39 Å². The number of aromatic nitrogens is 2. The second-order valence-corrected chi connectivity index (χ2v) is 7.87. The first-order valence-corrected chi connectivity index (χ1v) is 9.38. The standard InChI is InChI=1S/C18H18ClFN4S/c1-11-14(12-3-5-13(20)6-4-12)15-16(21-18(19)22-17(15)25-11)24-9-7-23(2)8-10-24/h3-6H,7-10H2,1-2H3. The lowest BCUT2D eigenvalue weighted by molar-refractivity contribution is 0.312. The summed E-state index contributed by atoms with van der Waals surface area (Å²) in [5.41, 5.74) is 2.05. The maximum absolute atomic E-state index is 13.4. The summed E-state index contributed by atoms with van der Waals surface area (Å²) >= 11 is 7.80. The zero-order valence-corrected chi connectivity index (χ0v) is 15.7. The third kappa shape index (κ3) is 3.10. The van der Waals surface area contributed by atoms with Crippen molar-refractivity contribution in [3.05, 3.63) is 40.2 Å². The molecule has 1 aliphatic heterocycles. The number of hydrogen-bond donors (Lipinski definition) is 0. The van der Waals surface area contributed by atoms with E-state index in [2.05, 4.69) is 33.7 Å². The number of nitrogens with zero attached hydrogens (tertiary/aromatic N) is 4. The predicted octanol–water partition coefficient (Wildman–Crippen LogP) is 4.21. The van der Waals surface area contributed by atoms with E-state index in [1.807, 2.05) is 12.1 Å². The van der Waals surface area contributed by atoms with Gasteiger partial charge in [0.15, 0.2) is 0 Å². The van der Waals surface area contributed by atoms with Crippen molar-refractivity contribution >= 4 is 39.0 Å². The van der Waals surface area contributed by atoms with E-state index in [1.165, 1.54) is 12.1 Å². The lowest BCUT2D eigenvalue weighted by Crippen LogP contribution is -2.44. The molecular formula is C18H18ClFN4S. The molecule has 0 aliphatic carbocycles. The van der Waals surface area contributed by atoms with Crippen LogP contribution in [0.2, 0.25) is 5.28 Å². The smallest absolute Gasteiger partial charge is 0.225 e. The molecule has 25 heavy (non-hydrogen) atoms. The molecule has 1 aromatic carbocycles. The van der Waals surface area contributed by atoms with E-state index in [0.717, 1.165) is 58.2 Å². The first-order chi connectivity index (χ1) is 12.0. The molecular weight excluding hydrogens is 359 g/mol. The molecule has 0 bridgehead atoms. The highest BCUT2D eigenvalue weighted by Crippen LogP contribution is 2.42. The zero-order chi connectivity index (χ0) is 17.6. The number of likely N-dealkylation sites (N-methyl/N-ethyl adjacent to an activating group) is 1. The van der Waals surface area contributed by atoms with Crippen molar-refractivity contribution in [2.24, 2.45) is 0 Å². The minimum absolute atomic E-state index is 0.237. The topological polar surface area (TPSA) is 32.3 Å². The highest BCUT2D eigenvalue weighted by molar-refractivity contribution is 7.19. The molecule has 4 nitrogen and oxygen atoms in total. The van der Waals surface area contributed by atoms with E-state index in [0.29, 0.717) is 0 Å². The van der Waals surface area contributed by atoms with E-state index in [9.17, 15) is 4.39 Å². The Balaban J connectivity index is 1.91. The van der Waals surface area contributed by atoms with E-state index in [-0.39, 0.29) is 11.1 Å². The van der Waals surface area contributed by atoms with Crippen molar-refractivity contribution in [3.8, 4) is 11.1 Å². The number of rotatable bonds is 2. The average Bonchev–Trinajstić information content (AvgIpc) is 2.91. The Morgan fingerprint density at radius 1 is 1.08 bits per heavy atom. The van der Waals surface area contributed by atoms with Crippen molar-refractivity contribution in [3.63, 3.8) is 0 Å². The Labute approximate surface area is 154 Å². The van der Waals surface area contributed by atoms with Gasteiger partial charge in [-0.3, -0.25) is 0 Å². The van der Waals surface area contributed by atoms with Crippen LogP contribution in [0.25, 0.3) is 21.3 Å². The van der Waals surface area contributed by atoms with E-state index >= 15 is 0 Å². The summed E-state index contributed by atoms with van der Waals surface area (Å²) < 4.78 is 13.4. The van der Waals surface area contributed by atoms with Crippen LogP contribution in [0.3, 0.4) is 0 Å². The molecule has 0 N–H and O–H groups in total. The molecule has 1 aliphatic rings. The van der Waals surface area contributed by atoms with Crippen molar-refractivity contribution in [2.45, 2.75) is 6.92 Å². The Bertz CT molecular complexity index is 917. The molecule has 0 unspecified atom stereocenters. The van der Waals surface area contributed by atoms with Crippen LogP contribution in [0.5, 0.6) is 0 Å². The maximum atomic E-state index is 13.4. The van der Waals surface area contributed by atoms with Crippen LogP contribution in [0.1, 0.15) is 4.88 Å². The maximum Gasteiger partial charge on any atom is 0.225 e. The number of fused-ring (bicyclic) bond motifs is 1. The first-order valence-electron chi connectivity index (χ1n) is 8.19. The van der Waals surface area contributed by atoms with Gasteiger partial charge < -0.3 is 9.80 Å². The predicted molar refractivity (Wildman–Crippen MR) is 102 cm³/mol. The van der Waals surface area contributed by atoms with Crippen LogP contribution in [0.15, 0.2) is 24.3 Å². The molecule has 0 atom stereocenters. The molecule has 3 aromatic rings. The van der Waals surface area contributed by atoms with Crippen LogP contribution >= 0.6 is 22.9 Å². The van der Waals surface area contributed by atoms with Crippen LogP contribution in [0, 0.1) is 12.7 Å². The van der Waals surface area contributed by atoms with Crippen LogP contribution in [-0.2, 0) is 0 Å². The number of halogens is 2. The number of thiophene rings is 1. The van der Waals surface area contributed by atoms with Gasteiger partial charge in [-0.1, -0.05) is 12.1 Å². The summed E-state index contributed by atoms with van der Waals surface area (Å²) in [5, 5.41) is 1.29. The Morgan fingerprint density at radius 2 is 1.76 bits per heavy atom. The lowest BCUT2D eigenvalue weighted by Gasteiger charge is -2.33. The molecule has 130 valence electrons. The van der Waals surface area contributed by atoms with E-state index in [4.69, 9.17) is 11.6 Å². The van der Waals surface area contributed by atoms with Crippen molar-refractivity contribution in [1.82, 2.24) is 14.9 Å². The third-order valence-electron chi connectivity index (χ3n) is 4.62. The molecule has 0 amide bonds. The molecule has 0 radical (unpaired) electrons. The minimum atomic E-state index is -0.237. The van der Waals surface area contributed by atoms with Gasteiger partial charge >= 0.3 is 0 Å². The number of hydrogen-bond acceptors (Lipinski definition) is 5. The van der Waals surface area contributed by atoms with Gasteiger partial charge in [0.25, 0.3) is 0 Å². The van der Waals surface area contributed by atoms with Crippen LogP contribution in [0.4, 0.5) is 10.2 Å². The summed E-state index contributed by atoms with van der Waals surface area (Å²) in [6.45, 7) is 5.83. The highest BCUT2D eigenvalue weighted by atomic mass is 35.5. The Kier molecular flexibility index (Phi) is 4.35. The molecule has 3 heterocycles. The fourth-order valence-corrected chi connectivity index (χ4v) is 4.53. The number of benzene rings is 1. The number of anilines is 1. The average molecular weight is 377 g/mol. The van der Waals surface area contributed by atoms with Gasteiger partial charge in [0.1, 0.15) is 16.5 Å². The van der Waals surface area contributed by atoms with Gasteiger partial charge in [0, 0.05) is 36.6 Å². The van der Waals surface area contributed by atoms with Gasteiger partial charge in [-0.15, -0.1) is 11.3 Å². The summed E-state index contributed by atoms with van der Waals surface area (Å²) in [7, 11) is 2.12. The summed E-state index contributed by atoms with van der Waals surface area (Å²) in [4.78, 5) is 15.6. The molecule has 0 spiro atoms. The molecule has 0 saturated carbocycles. The lowest BCUT2D eigenvalue weighted by atomic mass is 10.0. The quantitative estimate of drug-likeness (QED) is 0.627. The third-order valence-corrected chi connectivity index (χ3v) is 5.79. The van der Waals surface area contributed by atoms with E-state index in [1.54, 1.807) is 11.3 Å². The normalized spacial score (nSPS) is 15.9. The fraction of sp³-hybridized carbons (Fsp3) is 0.333. The number of piperazine rings is 1. The van der Waals surface area contributed by atoms with Crippen molar-refractivity contribution < 1.29 is 4.39 Å². The van der Waals surface area contributed by atoms with E-state index < -0.39 is 0 Å². The molecule has 1 saturated heterocycles. The second kappa shape index (κ2) is 6.52. The second-order valence-electron chi connectivity index (χ2n) is 6.33. The summed E-state index contributed by atoms with van der Waals surface area (Å²) in [6.07, 6.45) is 0. The molecule has 4 rings (SSSR count). The number of aryl methyl sites for hydroxylation is 1. The van der Waals surface area contributed by atoms with Crippen molar-refractivity contribution in [2.75, 3.05) is 38.1 Å².